The molecule has 3 nitrogen and oxygen atoms in total. The molecule has 1 N–H and O–H groups in total. The van der Waals surface area contributed by atoms with Crippen molar-refractivity contribution < 1.29 is 0 Å². The molecule has 0 spiro atoms. The Morgan fingerprint density at radius 3 is 2.62 bits per heavy atom. The van der Waals surface area contributed by atoms with Crippen LogP contribution in [-0.2, 0) is 0 Å². The minimum Gasteiger partial charge on any atom is -0.303 e. The maximum absolute atomic E-state index is 9.58. The average molecular weight is 291 g/mol. The highest BCUT2D eigenvalue weighted by Crippen LogP contribution is 2.27. The Hall–Kier alpha value is -0.590. The predicted molar refractivity (Wildman–Crippen MR) is 88.1 cm³/mol. The molecule has 1 saturated heterocycles. The van der Waals surface area contributed by atoms with Gasteiger partial charge < -0.3 is 4.90 Å². The lowest BCUT2D eigenvalue weighted by Gasteiger charge is -2.28. The molecule has 0 amide bonds. The van der Waals surface area contributed by atoms with Crippen molar-refractivity contribution in [1.29, 1.82) is 5.26 Å². The summed E-state index contributed by atoms with van der Waals surface area (Å²) in [5.41, 5.74) is -0.265. The molecule has 1 aliphatic carbocycles. The number of nitriles is 1. The summed E-state index contributed by atoms with van der Waals surface area (Å²) in [5, 5.41) is 13.2. The molecule has 0 aromatic heterocycles. The molecule has 2 fully saturated rings. The molecule has 0 aromatic rings. The van der Waals surface area contributed by atoms with Crippen LogP contribution in [0.25, 0.3) is 0 Å². The van der Waals surface area contributed by atoms with E-state index in [0.29, 0.717) is 6.04 Å². The molecule has 1 heterocycles. The van der Waals surface area contributed by atoms with E-state index >= 15 is 0 Å². The second kappa shape index (κ2) is 8.15. The highest BCUT2D eigenvalue weighted by Gasteiger charge is 2.34. The fraction of sp³-hybridized carbons (Fsp3) is 0.944. The summed E-state index contributed by atoms with van der Waals surface area (Å²) in [6, 6.07) is 3.19. The van der Waals surface area contributed by atoms with E-state index in [-0.39, 0.29) is 5.54 Å². The highest BCUT2D eigenvalue weighted by atomic mass is 15.1. The molecule has 2 unspecified atom stereocenters. The fourth-order valence-corrected chi connectivity index (χ4v) is 3.60. The van der Waals surface area contributed by atoms with E-state index in [4.69, 9.17) is 0 Å². The standard InChI is InChI=1S/C18H33N3/c1-3-16-7-5-12-21(14-10-16)13-6-11-18(4-2,15-19)20-17-8-9-17/h16-17,20H,3-14H2,1-2H3. The Balaban J connectivity index is 1.72. The van der Waals surface area contributed by atoms with Gasteiger partial charge in [0.05, 0.1) is 6.07 Å². The Kier molecular flexibility index (Phi) is 6.51. The van der Waals surface area contributed by atoms with Gasteiger partial charge in [0.2, 0.25) is 0 Å². The Morgan fingerprint density at radius 2 is 2.00 bits per heavy atom. The molecule has 2 aliphatic rings. The summed E-state index contributed by atoms with van der Waals surface area (Å²) in [6.07, 6.45) is 11.1. The number of hydrogen-bond donors (Lipinski definition) is 1. The summed E-state index contributed by atoms with van der Waals surface area (Å²) in [5.74, 6) is 0.945. The third kappa shape index (κ3) is 5.27. The summed E-state index contributed by atoms with van der Waals surface area (Å²) in [6.45, 7) is 8.17. The SMILES string of the molecule is CCC1CCCN(CCCC(C#N)(CC)NC2CC2)CC1. The van der Waals surface area contributed by atoms with E-state index in [2.05, 4.69) is 30.1 Å². The van der Waals surface area contributed by atoms with Gasteiger partial charge in [-0.1, -0.05) is 20.3 Å². The summed E-state index contributed by atoms with van der Waals surface area (Å²) in [4.78, 5) is 2.63. The normalized spacial score (nSPS) is 26.8. The van der Waals surface area contributed by atoms with Crippen LogP contribution in [0.1, 0.15) is 71.6 Å². The van der Waals surface area contributed by atoms with E-state index in [1.165, 1.54) is 58.2 Å². The van der Waals surface area contributed by atoms with Crippen molar-refractivity contribution in [3.8, 4) is 6.07 Å². The zero-order chi connectivity index (χ0) is 15.1. The van der Waals surface area contributed by atoms with Gasteiger partial charge >= 0.3 is 0 Å². The lowest BCUT2D eigenvalue weighted by molar-refractivity contribution is 0.256. The van der Waals surface area contributed by atoms with Crippen LogP contribution in [0.5, 0.6) is 0 Å². The van der Waals surface area contributed by atoms with Crippen LogP contribution < -0.4 is 5.32 Å². The van der Waals surface area contributed by atoms with Crippen LogP contribution >= 0.6 is 0 Å². The number of nitrogens with zero attached hydrogens (tertiary/aromatic N) is 2. The first-order valence-corrected chi connectivity index (χ1v) is 9.12. The van der Waals surface area contributed by atoms with Crippen molar-refractivity contribution in [1.82, 2.24) is 10.2 Å². The minimum absolute atomic E-state index is 0.265. The first-order chi connectivity index (χ1) is 10.2. The van der Waals surface area contributed by atoms with Crippen molar-refractivity contribution >= 4 is 0 Å². The molecule has 2 rings (SSSR count). The van der Waals surface area contributed by atoms with Gasteiger partial charge in [-0.05, 0) is 76.9 Å². The Morgan fingerprint density at radius 1 is 1.19 bits per heavy atom. The molecular formula is C18H33N3. The first-order valence-electron chi connectivity index (χ1n) is 9.12. The van der Waals surface area contributed by atoms with E-state index < -0.39 is 0 Å². The third-order valence-corrected chi connectivity index (χ3v) is 5.47. The minimum atomic E-state index is -0.265. The zero-order valence-corrected chi connectivity index (χ0v) is 14.0. The van der Waals surface area contributed by atoms with E-state index in [9.17, 15) is 5.26 Å². The quantitative estimate of drug-likeness (QED) is 0.741. The van der Waals surface area contributed by atoms with E-state index in [1.807, 2.05) is 0 Å². The van der Waals surface area contributed by atoms with Gasteiger partial charge in [0.15, 0.2) is 0 Å². The van der Waals surface area contributed by atoms with Crippen molar-refractivity contribution in [2.75, 3.05) is 19.6 Å². The molecule has 0 aromatic carbocycles. The molecule has 0 radical (unpaired) electrons. The maximum atomic E-state index is 9.58. The van der Waals surface area contributed by atoms with Gasteiger partial charge in [0, 0.05) is 6.04 Å². The lowest BCUT2D eigenvalue weighted by atomic mass is 9.91. The summed E-state index contributed by atoms with van der Waals surface area (Å²) < 4.78 is 0. The smallest absolute Gasteiger partial charge is 0.106 e. The van der Waals surface area contributed by atoms with Gasteiger partial charge in [-0.25, -0.2) is 0 Å². The van der Waals surface area contributed by atoms with Crippen LogP contribution in [0.3, 0.4) is 0 Å². The Bertz CT molecular complexity index is 345. The third-order valence-electron chi connectivity index (χ3n) is 5.47. The Labute approximate surface area is 131 Å². The van der Waals surface area contributed by atoms with E-state index in [1.54, 1.807) is 0 Å². The zero-order valence-electron chi connectivity index (χ0n) is 14.0. The lowest BCUT2D eigenvalue weighted by Crippen LogP contribution is -2.45. The average Bonchev–Trinajstić information content (AvgIpc) is 3.33. The summed E-state index contributed by atoms with van der Waals surface area (Å²) >= 11 is 0. The first kappa shape index (κ1) is 16.8. The largest absolute Gasteiger partial charge is 0.303 e. The van der Waals surface area contributed by atoms with Crippen LogP contribution in [0.15, 0.2) is 0 Å². The highest BCUT2D eigenvalue weighted by molar-refractivity contribution is 5.09. The monoisotopic (exact) mass is 291 g/mol. The molecule has 120 valence electrons. The van der Waals surface area contributed by atoms with Crippen molar-refractivity contribution in [2.24, 2.45) is 5.92 Å². The second-order valence-electron chi connectivity index (χ2n) is 7.12. The van der Waals surface area contributed by atoms with Gasteiger partial charge in [-0.2, -0.15) is 5.26 Å². The van der Waals surface area contributed by atoms with Gasteiger partial charge in [0.1, 0.15) is 5.54 Å². The van der Waals surface area contributed by atoms with Crippen LogP contribution in [0.2, 0.25) is 0 Å². The molecule has 1 saturated carbocycles. The fourth-order valence-electron chi connectivity index (χ4n) is 3.60. The molecular weight excluding hydrogens is 258 g/mol. The van der Waals surface area contributed by atoms with Crippen LogP contribution in [0.4, 0.5) is 0 Å². The maximum Gasteiger partial charge on any atom is 0.106 e. The number of hydrogen-bond acceptors (Lipinski definition) is 3. The predicted octanol–water partition coefficient (Wildman–Crippen LogP) is 3.70. The van der Waals surface area contributed by atoms with Crippen molar-refractivity contribution in [3.05, 3.63) is 0 Å². The molecule has 3 heteroatoms. The van der Waals surface area contributed by atoms with Crippen LogP contribution in [0, 0.1) is 17.2 Å². The topological polar surface area (TPSA) is 39.1 Å². The molecule has 1 aliphatic heterocycles. The second-order valence-corrected chi connectivity index (χ2v) is 7.12. The van der Waals surface area contributed by atoms with Crippen LogP contribution in [-0.4, -0.2) is 36.1 Å². The van der Waals surface area contributed by atoms with Gasteiger partial charge in [-0.3, -0.25) is 5.32 Å². The summed E-state index contributed by atoms with van der Waals surface area (Å²) in [7, 11) is 0. The van der Waals surface area contributed by atoms with Crippen molar-refractivity contribution in [2.45, 2.75) is 83.2 Å². The number of rotatable bonds is 8. The molecule has 0 bridgehead atoms. The molecule has 2 atom stereocenters. The van der Waals surface area contributed by atoms with Gasteiger partial charge in [-0.15, -0.1) is 0 Å². The van der Waals surface area contributed by atoms with E-state index in [0.717, 1.165) is 25.2 Å². The van der Waals surface area contributed by atoms with Crippen molar-refractivity contribution in [3.63, 3.8) is 0 Å². The van der Waals surface area contributed by atoms with Gasteiger partial charge in [0.25, 0.3) is 0 Å². The number of nitrogens with one attached hydrogen (secondary N) is 1. The molecule has 21 heavy (non-hydrogen) atoms. The number of likely N-dealkylation sites (tertiary alicyclic amines) is 1.